The molecular weight excluding hydrogens is 354 g/mol. The Hall–Kier alpha value is -2.70. The largest absolute Gasteiger partial charge is 0.376 e. The standard InChI is InChI=1S/C22H25N3O3/c26-22(18-6-7-20-21(14-18)24-16-23-20)25-10-8-19(9-11-25)28-13-12-27-15-17-4-2-1-3-5-17/h1-7,14,16,19H,8-13,15H2,(H,23,24). The molecule has 1 aromatic heterocycles. The van der Waals surface area contributed by atoms with Gasteiger partial charge in [0.15, 0.2) is 0 Å². The maximum absolute atomic E-state index is 12.7. The number of aromatic nitrogens is 2. The minimum absolute atomic E-state index is 0.0705. The van der Waals surface area contributed by atoms with Gasteiger partial charge in [-0.05, 0) is 36.6 Å². The fourth-order valence-electron chi connectivity index (χ4n) is 3.51. The molecule has 3 aromatic rings. The Morgan fingerprint density at radius 1 is 1.11 bits per heavy atom. The van der Waals surface area contributed by atoms with Crippen LogP contribution in [0.1, 0.15) is 28.8 Å². The number of fused-ring (bicyclic) bond motifs is 1. The molecule has 2 aromatic carbocycles. The van der Waals surface area contributed by atoms with E-state index in [1.807, 2.05) is 41.3 Å². The first-order valence-corrected chi connectivity index (χ1v) is 9.75. The Morgan fingerprint density at radius 2 is 1.93 bits per heavy atom. The van der Waals surface area contributed by atoms with Crippen LogP contribution in [0.25, 0.3) is 11.0 Å². The lowest BCUT2D eigenvalue weighted by Crippen LogP contribution is -2.41. The number of amides is 1. The average Bonchev–Trinajstić information content (AvgIpc) is 3.22. The lowest BCUT2D eigenvalue weighted by Gasteiger charge is -2.32. The van der Waals surface area contributed by atoms with Crippen molar-refractivity contribution in [1.29, 1.82) is 0 Å². The van der Waals surface area contributed by atoms with E-state index in [-0.39, 0.29) is 12.0 Å². The van der Waals surface area contributed by atoms with E-state index in [1.165, 1.54) is 5.56 Å². The Balaban J connectivity index is 1.17. The van der Waals surface area contributed by atoms with Crippen LogP contribution in [-0.2, 0) is 16.1 Å². The van der Waals surface area contributed by atoms with Crippen molar-refractivity contribution in [2.45, 2.75) is 25.6 Å². The molecule has 1 N–H and O–H groups in total. The van der Waals surface area contributed by atoms with Crippen molar-refractivity contribution in [2.75, 3.05) is 26.3 Å². The molecule has 1 fully saturated rings. The zero-order valence-electron chi connectivity index (χ0n) is 15.8. The summed E-state index contributed by atoms with van der Waals surface area (Å²) in [5.41, 5.74) is 3.63. The molecule has 146 valence electrons. The van der Waals surface area contributed by atoms with Gasteiger partial charge in [-0.15, -0.1) is 0 Å². The van der Waals surface area contributed by atoms with Gasteiger partial charge in [-0.1, -0.05) is 30.3 Å². The highest BCUT2D eigenvalue weighted by molar-refractivity contribution is 5.97. The second-order valence-corrected chi connectivity index (χ2v) is 7.03. The van der Waals surface area contributed by atoms with Crippen molar-refractivity contribution in [3.05, 3.63) is 66.0 Å². The maximum Gasteiger partial charge on any atom is 0.253 e. The van der Waals surface area contributed by atoms with Gasteiger partial charge < -0.3 is 19.4 Å². The van der Waals surface area contributed by atoms with Gasteiger partial charge in [-0.2, -0.15) is 0 Å². The number of hydrogen-bond acceptors (Lipinski definition) is 4. The molecular formula is C22H25N3O3. The number of carbonyl (C=O) groups excluding carboxylic acids is 1. The minimum atomic E-state index is 0.0705. The first kappa shape index (κ1) is 18.7. The van der Waals surface area contributed by atoms with E-state index < -0.39 is 0 Å². The van der Waals surface area contributed by atoms with Crippen LogP contribution in [-0.4, -0.2) is 53.2 Å². The topological polar surface area (TPSA) is 67.5 Å². The molecule has 1 aliphatic rings. The lowest BCUT2D eigenvalue weighted by molar-refractivity contribution is -0.0229. The first-order valence-electron chi connectivity index (χ1n) is 9.75. The van der Waals surface area contributed by atoms with Crippen LogP contribution in [0.2, 0.25) is 0 Å². The summed E-state index contributed by atoms with van der Waals surface area (Å²) in [6.07, 6.45) is 3.55. The summed E-state index contributed by atoms with van der Waals surface area (Å²) in [5.74, 6) is 0.0705. The average molecular weight is 379 g/mol. The van der Waals surface area contributed by atoms with Crippen LogP contribution < -0.4 is 0 Å². The molecule has 6 nitrogen and oxygen atoms in total. The fraction of sp³-hybridized carbons (Fsp3) is 0.364. The third-order valence-corrected chi connectivity index (χ3v) is 5.09. The number of hydrogen-bond donors (Lipinski definition) is 1. The van der Waals surface area contributed by atoms with Crippen LogP contribution in [0.15, 0.2) is 54.9 Å². The number of nitrogens with zero attached hydrogens (tertiary/aromatic N) is 2. The summed E-state index contributed by atoms with van der Waals surface area (Å²) < 4.78 is 11.6. The molecule has 0 unspecified atom stereocenters. The zero-order chi connectivity index (χ0) is 19.2. The fourth-order valence-corrected chi connectivity index (χ4v) is 3.51. The van der Waals surface area contributed by atoms with Gasteiger partial charge in [0, 0.05) is 18.7 Å². The van der Waals surface area contributed by atoms with Gasteiger partial charge in [0.05, 0.1) is 43.3 Å². The molecule has 28 heavy (non-hydrogen) atoms. The van der Waals surface area contributed by atoms with E-state index in [9.17, 15) is 4.79 Å². The van der Waals surface area contributed by atoms with Crippen molar-refractivity contribution >= 4 is 16.9 Å². The Labute approximate surface area is 164 Å². The SMILES string of the molecule is O=C(c1ccc2nc[nH]c2c1)N1CCC(OCCOCc2ccccc2)CC1. The van der Waals surface area contributed by atoms with Crippen LogP contribution >= 0.6 is 0 Å². The van der Waals surface area contributed by atoms with E-state index in [2.05, 4.69) is 22.1 Å². The Bertz CT molecular complexity index is 902. The summed E-state index contributed by atoms with van der Waals surface area (Å²) >= 11 is 0. The molecule has 0 spiro atoms. The number of benzene rings is 2. The maximum atomic E-state index is 12.7. The highest BCUT2D eigenvalue weighted by Crippen LogP contribution is 2.18. The van der Waals surface area contributed by atoms with Crippen LogP contribution in [0.5, 0.6) is 0 Å². The Kier molecular flexibility index (Phi) is 5.99. The van der Waals surface area contributed by atoms with Gasteiger partial charge in [0.2, 0.25) is 0 Å². The normalized spacial score (nSPS) is 15.2. The summed E-state index contributed by atoms with van der Waals surface area (Å²) in [5, 5.41) is 0. The lowest BCUT2D eigenvalue weighted by atomic mass is 10.1. The molecule has 0 atom stereocenters. The van der Waals surface area contributed by atoms with Crippen LogP contribution in [0, 0.1) is 0 Å². The number of aromatic amines is 1. The molecule has 6 heteroatoms. The summed E-state index contributed by atoms with van der Waals surface area (Å²) in [7, 11) is 0. The molecule has 4 rings (SSSR count). The van der Waals surface area contributed by atoms with Gasteiger partial charge in [0.25, 0.3) is 5.91 Å². The van der Waals surface area contributed by atoms with Crippen molar-refractivity contribution in [3.8, 4) is 0 Å². The van der Waals surface area contributed by atoms with Crippen molar-refractivity contribution in [1.82, 2.24) is 14.9 Å². The number of nitrogens with one attached hydrogen (secondary N) is 1. The van der Waals surface area contributed by atoms with Crippen molar-refractivity contribution < 1.29 is 14.3 Å². The predicted octanol–water partition coefficient (Wildman–Crippen LogP) is 3.40. The van der Waals surface area contributed by atoms with E-state index >= 15 is 0 Å². The second kappa shape index (κ2) is 8.99. The number of ether oxygens (including phenoxy) is 2. The monoisotopic (exact) mass is 379 g/mol. The van der Waals surface area contributed by atoms with Crippen molar-refractivity contribution in [2.24, 2.45) is 0 Å². The molecule has 0 bridgehead atoms. The molecule has 0 aliphatic carbocycles. The molecule has 2 heterocycles. The number of rotatable bonds is 7. The summed E-state index contributed by atoms with van der Waals surface area (Å²) in [4.78, 5) is 21.9. The third kappa shape index (κ3) is 4.58. The molecule has 1 saturated heterocycles. The van der Waals surface area contributed by atoms with Crippen LogP contribution in [0.4, 0.5) is 0 Å². The predicted molar refractivity (Wildman–Crippen MR) is 107 cm³/mol. The van der Waals surface area contributed by atoms with E-state index in [4.69, 9.17) is 9.47 Å². The van der Waals surface area contributed by atoms with Gasteiger partial charge in [0.1, 0.15) is 0 Å². The zero-order valence-corrected chi connectivity index (χ0v) is 15.8. The summed E-state index contributed by atoms with van der Waals surface area (Å²) in [6, 6.07) is 15.7. The van der Waals surface area contributed by atoms with Crippen LogP contribution in [0.3, 0.4) is 0 Å². The van der Waals surface area contributed by atoms with E-state index in [0.717, 1.165) is 37.0 Å². The van der Waals surface area contributed by atoms with E-state index in [1.54, 1.807) is 6.33 Å². The number of likely N-dealkylation sites (tertiary alicyclic amines) is 1. The quantitative estimate of drug-likeness (QED) is 0.639. The van der Waals surface area contributed by atoms with Gasteiger partial charge in [-0.25, -0.2) is 4.98 Å². The van der Waals surface area contributed by atoms with Gasteiger partial charge >= 0.3 is 0 Å². The number of imidazole rings is 1. The summed E-state index contributed by atoms with van der Waals surface area (Å²) in [6.45, 7) is 3.21. The minimum Gasteiger partial charge on any atom is -0.376 e. The molecule has 0 saturated carbocycles. The number of H-pyrrole nitrogens is 1. The first-order chi connectivity index (χ1) is 13.8. The smallest absolute Gasteiger partial charge is 0.253 e. The third-order valence-electron chi connectivity index (χ3n) is 5.09. The van der Waals surface area contributed by atoms with Crippen molar-refractivity contribution in [3.63, 3.8) is 0 Å². The Morgan fingerprint density at radius 3 is 2.75 bits per heavy atom. The number of piperidine rings is 1. The molecule has 0 radical (unpaired) electrons. The highest BCUT2D eigenvalue weighted by Gasteiger charge is 2.24. The number of carbonyl (C=O) groups is 1. The van der Waals surface area contributed by atoms with Gasteiger partial charge in [-0.3, -0.25) is 4.79 Å². The second-order valence-electron chi connectivity index (χ2n) is 7.03. The molecule has 1 amide bonds. The van der Waals surface area contributed by atoms with E-state index in [0.29, 0.717) is 25.4 Å². The molecule has 1 aliphatic heterocycles. The highest BCUT2D eigenvalue weighted by atomic mass is 16.5.